The number of piperidine rings is 1. The number of piperazine rings is 1. The fraction of sp³-hybridized carbons (Fsp3) is 0.400. The van der Waals surface area contributed by atoms with Crippen LogP contribution in [0, 0.1) is 0 Å². The Bertz CT molecular complexity index is 967. The summed E-state index contributed by atoms with van der Waals surface area (Å²) in [6.07, 6.45) is 5.56. The number of carbonyl (C=O) groups excluding carboxylic acids is 4. The second-order valence-electron chi connectivity index (χ2n) is 7.33. The predicted octanol–water partition coefficient (Wildman–Crippen LogP) is -0.100. The highest BCUT2D eigenvalue weighted by Gasteiger charge is 2.39. The van der Waals surface area contributed by atoms with Crippen LogP contribution < -0.4 is 10.6 Å². The molecule has 0 unspecified atom stereocenters. The van der Waals surface area contributed by atoms with E-state index < -0.39 is 18.0 Å². The number of nitrogens with zero attached hydrogens (tertiary/aromatic N) is 4. The minimum atomic E-state index is -0.918. The normalized spacial score (nSPS) is 21.4. The first-order valence-electron chi connectivity index (χ1n) is 10.0. The summed E-state index contributed by atoms with van der Waals surface area (Å²) in [5.41, 5.74) is 0.173. The van der Waals surface area contributed by atoms with E-state index in [1.165, 1.54) is 39.7 Å². The van der Waals surface area contributed by atoms with Gasteiger partial charge in [0.1, 0.15) is 17.8 Å². The van der Waals surface area contributed by atoms with Gasteiger partial charge in [-0.15, -0.1) is 11.3 Å². The van der Waals surface area contributed by atoms with Crippen LogP contribution in [-0.4, -0.2) is 81.7 Å². The topological polar surface area (TPSA) is 125 Å². The van der Waals surface area contributed by atoms with Crippen molar-refractivity contribution in [2.24, 2.45) is 0 Å². The summed E-state index contributed by atoms with van der Waals surface area (Å²) in [5, 5.41) is 7.29. The molecule has 4 heterocycles. The highest BCUT2D eigenvalue weighted by Crippen LogP contribution is 2.19. The van der Waals surface area contributed by atoms with Crippen LogP contribution in [-0.2, 0) is 9.59 Å². The molecule has 162 valence electrons. The molecule has 2 saturated heterocycles. The van der Waals surface area contributed by atoms with Crippen molar-refractivity contribution in [1.82, 2.24) is 30.4 Å². The van der Waals surface area contributed by atoms with Crippen LogP contribution in [0.25, 0.3) is 0 Å². The van der Waals surface area contributed by atoms with Gasteiger partial charge in [0, 0.05) is 32.0 Å². The molecule has 0 radical (unpaired) electrons. The Hall–Kier alpha value is -3.34. The number of hydrogen-bond acceptors (Lipinski definition) is 7. The van der Waals surface area contributed by atoms with E-state index in [4.69, 9.17) is 0 Å². The van der Waals surface area contributed by atoms with E-state index in [1.54, 1.807) is 17.5 Å². The minimum absolute atomic E-state index is 0.00664. The van der Waals surface area contributed by atoms with Gasteiger partial charge in [-0.1, -0.05) is 6.07 Å². The van der Waals surface area contributed by atoms with E-state index >= 15 is 0 Å². The highest BCUT2D eigenvalue weighted by molar-refractivity contribution is 7.12. The number of rotatable bonds is 4. The van der Waals surface area contributed by atoms with Gasteiger partial charge in [-0.3, -0.25) is 24.2 Å². The molecule has 10 nitrogen and oxygen atoms in total. The standard InChI is InChI=1S/C20H22N6O4S/c27-17-13(3-1-5-23-17)24-18(28)15-12-25(19(29)14-11-21-6-7-22-14)8-9-26(15)20(30)16-4-2-10-31-16/h2,4,6-7,10-11,13,15H,1,3,5,8-9,12H2,(H,23,27)(H,24,28)/t13-,15+/m0/s1. The van der Waals surface area contributed by atoms with Crippen molar-refractivity contribution < 1.29 is 19.2 Å². The maximum absolute atomic E-state index is 13.2. The van der Waals surface area contributed by atoms with Gasteiger partial charge in [0.05, 0.1) is 17.6 Å². The Kier molecular flexibility index (Phi) is 6.21. The van der Waals surface area contributed by atoms with Gasteiger partial charge in [-0.2, -0.15) is 0 Å². The van der Waals surface area contributed by atoms with E-state index in [-0.39, 0.29) is 43.0 Å². The van der Waals surface area contributed by atoms with Crippen LogP contribution in [0.5, 0.6) is 0 Å². The van der Waals surface area contributed by atoms with Crippen molar-refractivity contribution in [2.45, 2.75) is 24.9 Å². The summed E-state index contributed by atoms with van der Waals surface area (Å²) < 4.78 is 0. The van der Waals surface area contributed by atoms with Crippen molar-refractivity contribution >= 4 is 35.0 Å². The van der Waals surface area contributed by atoms with Crippen LogP contribution in [0.4, 0.5) is 0 Å². The van der Waals surface area contributed by atoms with Crippen LogP contribution in [0.3, 0.4) is 0 Å². The number of carbonyl (C=O) groups is 4. The Morgan fingerprint density at radius 1 is 1.19 bits per heavy atom. The summed E-state index contributed by atoms with van der Waals surface area (Å²) in [6, 6.07) is 1.91. The minimum Gasteiger partial charge on any atom is -0.354 e. The Morgan fingerprint density at radius 2 is 2.06 bits per heavy atom. The van der Waals surface area contributed by atoms with Crippen LogP contribution in [0.15, 0.2) is 36.1 Å². The third kappa shape index (κ3) is 4.55. The molecule has 4 amide bonds. The first-order chi connectivity index (χ1) is 15.0. The second kappa shape index (κ2) is 9.21. The maximum atomic E-state index is 13.2. The number of amides is 4. The third-order valence-electron chi connectivity index (χ3n) is 5.35. The van der Waals surface area contributed by atoms with E-state index in [0.29, 0.717) is 17.8 Å². The first-order valence-corrected chi connectivity index (χ1v) is 10.9. The Labute approximate surface area is 182 Å². The first kappa shape index (κ1) is 20.9. The summed E-state index contributed by atoms with van der Waals surface area (Å²) in [5.74, 6) is -1.32. The zero-order valence-corrected chi connectivity index (χ0v) is 17.5. The van der Waals surface area contributed by atoms with E-state index in [0.717, 1.165) is 6.42 Å². The average Bonchev–Trinajstić information content (AvgIpc) is 3.35. The molecule has 0 bridgehead atoms. The molecule has 0 aliphatic carbocycles. The summed E-state index contributed by atoms with van der Waals surface area (Å²) in [6.45, 7) is 1.04. The molecule has 2 aromatic rings. The summed E-state index contributed by atoms with van der Waals surface area (Å²) >= 11 is 1.29. The van der Waals surface area contributed by atoms with Crippen LogP contribution >= 0.6 is 11.3 Å². The lowest BCUT2D eigenvalue weighted by Crippen LogP contribution is -2.63. The monoisotopic (exact) mass is 442 g/mol. The molecular weight excluding hydrogens is 420 g/mol. The fourth-order valence-corrected chi connectivity index (χ4v) is 4.40. The second-order valence-corrected chi connectivity index (χ2v) is 8.28. The predicted molar refractivity (Wildman–Crippen MR) is 111 cm³/mol. The van der Waals surface area contributed by atoms with E-state index in [1.807, 2.05) is 0 Å². The molecule has 2 fully saturated rings. The number of aromatic nitrogens is 2. The number of hydrogen-bond donors (Lipinski definition) is 2. The molecular formula is C20H22N6O4S. The molecule has 2 atom stereocenters. The van der Waals surface area contributed by atoms with Crippen molar-refractivity contribution in [2.75, 3.05) is 26.2 Å². The van der Waals surface area contributed by atoms with Gasteiger partial charge in [-0.25, -0.2) is 4.98 Å². The molecule has 0 spiro atoms. The smallest absolute Gasteiger partial charge is 0.274 e. The lowest BCUT2D eigenvalue weighted by Gasteiger charge is -2.40. The molecule has 2 aliphatic heterocycles. The lowest BCUT2D eigenvalue weighted by atomic mass is 10.0. The molecule has 0 aromatic carbocycles. The number of nitrogens with one attached hydrogen (secondary N) is 2. The molecule has 31 heavy (non-hydrogen) atoms. The van der Waals surface area contributed by atoms with Crippen molar-refractivity contribution in [3.8, 4) is 0 Å². The molecule has 2 aliphatic rings. The van der Waals surface area contributed by atoms with Crippen molar-refractivity contribution in [3.63, 3.8) is 0 Å². The van der Waals surface area contributed by atoms with Crippen molar-refractivity contribution in [1.29, 1.82) is 0 Å². The summed E-state index contributed by atoms with van der Waals surface area (Å²) in [4.78, 5) is 62.6. The zero-order chi connectivity index (χ0) is 21.8. The maximum Gasteiger partial charge on any atom is 0.274 e. The Morgan fingerprint density at radius 3 is 2.77 bits per heavy atom. The fourth-order valence-electron chi connectivity index (χ4n) is 3.73. The third-order valence-corrected chi connectivity index (χ3v) is 6.20. The van der Waals surface area contributed by atoms with Crippen molar-refractivity contribution in [3.05, 3.63) is 46.7 Å². The summed E-state index contributed by atoms with van der Waals surface area (Å²) in [7, 11) is 0. The molecule has 0 saturated carbocycles. The van der Waals surface area contributed by atoms with Gasteiger partial charge >= 0.3 is 0 Å². The van der Waals surface area contributed by atoms with E-state index in [9.17, 15) is 19.2 Å². The van der Waals surface area contributed by atoms with E-state index in [2.05, 4.69) is 20.6 Å². The molecule has 11 heteroatoms. The Balaban J connectivity index is 1.54. The van der Waals surface area contributed by atoms with Crippen LogP contribution in [0.2, 0.25) is 0 Å². The quantitative estimate of drug-likeness (QED) is 0.681. The average molecular weight is 443 g/mol. The van der Waals surface area contributed by atoms with Gasteiger partial charge in [-0.05, 0) is 24.3 Å². The van der Waals surface area contributed by atoms with Gasteiger partial charge in [0.15, 0.2) is 0 Å². The van der Waals surface area contributed by atoms with Gasteiger partial charge in [0.25, 0.3) is 11.8 Å². The van der Waals surface area contributed by atoms with Gasteiger partial charge < -0.3 is 20.4 Å². The zero-order valence-electron chi connectivity index (χ0n) is 16.7. The molecule has 2 aromatic heterocycles. The molecule has 2 N–H and O–H groups in total. The number of thiophene rings is 1. The van der Waals surface area contributed by atoms with Gasteiger partial charge in [0.2, 0.25) is 11.8 Å². The molecule has 4 rings (SSSR count). The van der Waals surface area contributed by atoms with Crippen LogP contribution in [0.1, 0.15) is 33.0 Å². The highest BCUT2D eigenvalue weighted by atomic mass is 32.1. The lowest BCUT2D eigenvalue weighted by molar-refractivity contribution is -0.133. The largest absolute Gasteiger partial charge is 0.354 e. The SMILES string of the molecule is O=C1NCCC[C@@H]1NC(=O)[C@H]1CN(C(=O)c2cnccn2)CCN1C(=O)c1cccs1.